The molecule has 13 nitrogen and oxygen atoms in total. The molecule has 2 heterocycles. The molecule has 0 radical (unpaired) electrons. The average molecular weight is 675 g/mol. The number of hydrogen-bond donors (Lipinski definition) is 4. The molecule has 0 unspecified atom stereocenters. The lowest BCUT2D eigenvalue weighted by molar-refractivity contribution is -0.129. The summed E-state index contributed by atoms with van der Waals surface area (Å²) in [4.78, 5) is 71.3. The zero-order valence-corrected chi connectivity index (χ0v) is 28.9. The highest BCUT2D eigenvalue weighted by Crippen LogP contribution is 2.23. The number of alkyl carbamates (subject to hydrolysis) is 1. The van der Waals surface area contributed by atoms with E-state index in [1.807, 2.05) is 60.7 Å². The molecule has 3 atom stereocenters. The van der Waals surface area contributed by atoms with E-state index in [2.05, 4.69) is 26.3 Å². The maximum absolute atomic E-state index is 13.9. The molecular formula is C36H46N6O7. The summed E-state index contributed by atoms with van der Waals surface area (Å²) in [5.41, 5.74) is 0.661. The maximum Gasteiger partial charge on any atom is 0.411 e. The van der Waals surface area contributed by atoms with Gasteiger partial charge in [-0.1, -0.05) is 48.5 Å². The molecule has 4 N–H and O–H groups in total. The molecule has 5 amide bonds. The van der Waals surface area contributed by atoms with Crippen molar-refractivity contribution >= 4 is 46.5 Å². The Kier molecular flexibility index (Phi) is 11.8. The van der Waals surface area contributed by atoms with Crippen LogP contribution in [0.1, 0.15) is 59.9 Å². The number of para-hydroxylation sites is 1. The van der Waals surface area contributed by atoms with Crippen LogP contribution >= 0.6 is 0 Å². The fraction of sp³-hybridized carbons (Fsp3) is 0.444. The van der Waals surface area contributed by atoms with Crippen molar-refractivity contribution in [1.82, 2.24) is 25.8 Å². The van der Waals surface area contributed by atoms with Crippen LogP contribution < -0.4 is 21.3 Å². The van der Waals surface area contributed by atoms with E-state index in [1.165, 1.54) is 4.90 Å². The first kappa shape index (κ1) is 36.6. The molecule has 1 aromatic heterocycles. The predicted molar refractivity (Wildman–Crippen MR) is 185 cm³/mol. The molecule has 0 saturated carbocycles. The fourth-order valence-corrected chi connectivity index (χ4v) is 5.32. The summed E-state index contributed by atoms with van der Waals surface area (Å²) < 4.78 is 10.8. The number of likely N-dealkylation sites (tertiary alicyclic amines) is 1. The quantitative estimate of drug-likeness (QED) is 0.247. The summed E-state index contributed by atoms with van der Waals surface area (Å²) in [7, 11) is 0. The summed E-state index contributed by atoms with van der Waals surface area (Å²) >= 11 is 0. The number of anilines is 1. The number of fused-ring (bicyclic) bond motifs is 1. The minimum Gasteiger partial charge on any atom is -0.444 e. The van der Waals surface area contributed by atoms with E-state index in [9.17, 15) is 24.0 Å². The average Bonchev–Trinajstić information content (AvgIpc) is 3.45. The van der Waals surface area contributed by atoms with Gasteiger partial charge in [-0.3, -0.25) is 24.3 Å². The molecule has 0 spiro atoms. The summed E-state index contributed by atoms with van der Waals surface area (Å²) in [6.45, 7) is 9.87. The van der Waals surface area contributed by atoms with E-state index in [-0.39, 0.29) is 25.9 Å². The predicted octanol–water partition coefficient (Wildman–Crippen LogP) is 4.31. The number of benzene rings is 2. The summed E-state index contributed by atoms with van der Waals surface area (Å²) in [6.07, 6.45) is 0.912. The van der Waals surface area contributed by atoms with E-state index in [4.69, 9.17) is 9.47 Å². The number of aryl methyl sites for hydroxylation is 1. The van der Waals surface area contributed by atoms with Gasteiger partial charge >= 0.3 is 12.2 Å². The molecule has 1 aliphatic rings. The summed E-state index contributed by atoms with van der Waals surface area (Å²) in [5.74, 6) is -1.54. The first-order chi connectivity index (χ1) is 23.1. The van der Waals surface area contributed by atoms with Crippen LogP contribution in [0.4, 0.5) is 15.3 Å². The Morgan fingerprint density at radius 3 is 2.29 bits per heavy atom. The van der Waals surface area contributed by atoms with Crippen LogP contribution in [0.15, 0.2) is 66.9 Å². The van der Waals surface area contributed by atoms with Gasteiger partial charge in [0.2, 0.25) is 17.7 Å². The minimum atomic E-state index is -1.05. The van der Waals surface area contributed by atoms with Gasteiger partial charge in [-0.25, -0.2) is 9.59 Å². The topological polar surface area (TPSA) is 168 Å². The van der Waals surface area contributed by atoms with Gasteiger partial charge in [0.25, 0.3) is 0 Å². The van der Waals surface area contributed by atoms with Crippen molar-refractivity contribution in [2.45, 2.75) is 90.1 Å². The van der Waals surface area contributed by atoms with Gasteiger partial charge in [0, 0.05) is 18.0 Å². The Morgan fingerprint density at radius 1 is 0.918 bits per heavy atom. The van der Waals surface area contributed by atoms with E-state index in [0.29, 0.717) is 12.1 Å². The molecule has 0 aliphatic carbocycles. The van der Waals surface area contributed by atoms with Crippen molar-refractivity contribution in [2.24, 2.45) is 0 Å². The summed E-state index contributed by atoms with van der Waals surface area (Å²) in [5, 5.41) is 11.8. The molecule has 262 valence electrons. The van der Waals surface area contributed by atoms with Crippen molar-refractivity contribution in [2.75, 3.05) is 18.4 Å². The zero-order valence-electron chi connectivity index (χ0n) is 28.9. The second-order valence-electron chi connectivity index (χ2n) is 14.0. The largest absolute Gasteiger partial charge is 0.444 e. The van der Waals surface area contributed by atoms with Crippen molar-refractivity contribution in [3.05, 3.63) is 72.4 Å². The van der Waals surface area contributed by atoms with E-state index >= 15 is 0 Å². The molecule has 0 bridgehead atoms. The zero-order chi connectivity index (χ0) is 35.8. The number of ether oxygens (including phenoxy) is 2. The Labute approximate surface area is 286 Å². The fourth-order valence-electron chi connectivity index (χ4n) is 5.32. The van der Waals surface area contributed by atoms with Gasteiger partial charge < -0.3 is 30.7 Å². The Morgan fingerprint density at radius 2 is 1.59 bits per heavy atom. The van der Waals surface area contributed by atoms with E-state index in [0.717, 1.165) is 16.5 Å². The summed E-state index contributed by atoms with van der Waals surface area (Å²) in [6, 6.07) is 16.3. The number of nitrogens with zero attached hydrogens (tertiary/aromatic N) is 2. The van der Waals surface area contributed by atoms with Crippen LogP contribution in [0.5, 0.6) is 0 Å². The van der Waals surface area contributed by atoms with Gasteiger partial charge in [-0.05, 0) is 78.5 Å². The Bertz CT molecular complexity index is 1650. The minimum absolute atomic E-state index is 0.0190. The number of pyridine rings is 1. The molecule has 3 aromatic rings. The molecule has 1 saturated heterocycles. The van der Waals surface area contributed by atoms with Crippen LogP contribution in [0.3, 0.4) is 0 Å². The van der Waals surface area contributed by atoms with E-state index < -0.39 is 59.2 Å². The lowest BCUT2D eigenvalue weighted by atomic mass is 10.0. The van der Waals surface area contributed by atoms with Crippen LogP contribution in [0.25, 0.3) is 10.9 Å². The van der Waals surface area contributed by atoms with Crippen molar-refractivity contribution in [3.8, 4) is 0 Å². The number of rotatable bonds is 10. The van der Waals surface area contributed by atoms with Gasteiger partial charge in [0.15, 0.2) is 0 Å². The molecule has 4 rings (SSSR count). The van der Waals surface area contributed by atoms with Crippen LogP contribution in [-0.4, -0.2) is 82.2 Å². The third-order valence-corrected chi connectivity index (χ3v) is 7.44. The lowest BCUT2D eigenvalue weighted by Crippen LogP contribution is -2.52. The highest BCUT2D eigenvalue weighted by Gasteiger charge is 2.43. The molecule has 13 heteroatoms. The molecule has 2 aromatic carbocycles. The first-order valence-corrected chi connectivity index (χ1v) is 16.3. The Balaban J connectivity index is 1.49. The van der Waals surface area contributed by atoms with Gasteiger partial charge in [-0.15, -0.1) is 0 Å². The smallest absolute Gasteiger partial charge is 0.411 e. The Hall–Kier alpha value is -5.20. The van der Waals surface area contributed by atoms with Gasteiger partial charge in [0.05, 0.1) is 17.4 Å². The molecular weight excluding hydrogens is 628 g/mol. The number of carbonyl (C=O) groups is 5. The van der Waals surface area contributed by atoms with Gasteiger partial charge in [-0.2, -0.15) is 0 Å². The first-order valence-electron chi connectivity index (χ1n) is 16.3. The number of hydrogen-bond acceptors (Lipinski definition) is 8. The van der Waals surface area contributed by atoms with E-state index in [1.54, 1.807) is 47.7 Å². The highest BCUT2D eigenvalue weighted by molar-refractivity contribution is 5.99. The number of aromatic nitrogens is 1. The van der Waals surface area contributed by atoms with Crippen LogP contribution in [0, 0.1) is 0 Å². The number of nitrogens with one attached hydrogen (secondary N) is 4. The van der Waals surface area contributed by atoms with Crippen molar-refractivity contribution in [1.29, 1.82) is 0 Å². The van der Waals surface area contributed by atoms with Crippen molar-refractivity contribution in [3.63, 3.8) is 0 Å². The maximum atomic E-state index is 13.9. The SMILES string of the molecule is CC(C)(C)OC(=O)NCC(=O)N[C@@H]1C[C@@H](C(=O)N[C@H](CCc2ccccc2)C(=O)Nc2cnc3ccccc3c2)N(C(=O)OC(C)(C)C)C1. The molecule has 1 aliphatic heterocycles. The monoisotopic (exact) mass is 674 g/mol. The third-order valence-electron chi connectivity index (χ3n) is 7.44. The number of carbonyl (C=O) groups excluding carboxylic acids is 5. The third kappa shape index (κ3) is 11.5. The molecule has 1 fully saturated rings. The van der Waals surface area contributed by atoms with Crippen LogP contribution in [0.2, 0.25) is 0 Å². The van der Waals surface area contributed by atoms with Crippen LogP contribution in [-0.2, 0) is 30.3 Å². The standard InChI is InChI=1S/C36H46N6O7/c1-35(2,3)48-33(46)38-21-30(43)39-26-19-29(42(22-26)34(47)49-36(4,5)6)32(45)41-28(17-16-23-12-8-7-9-13-23)31(44)40-25-18-24-14-10-11-15-27(24)37-20-25/h7-15,18,20,26,28-29H,16-17,19,21-22H2,1-6H3,(H,38,46)(H,39,43)(H,40,44)(H,41,45)/t26-,28-,29+/m1/s1. The molecule has 49 heavy (non-hydrogen) atoms. The normalized spacial score (nSPS) is 16.7. The van der Waals surface area contributed by atoms with Gasteiger partial charge in [0.1, 0.15) is 29.8 Å². The van der Waals surface area contributed by atoms with Crippen molar-refractivity contribution < 1.29 is 33.4 Å². The second kappa shape index (κ2) is 15.8. The highest BCUT2D eigenvalue weighted by atomic mass is 16.6. The lowest BCUT2D eigenvalue weighted by Gasteiger charge is -2.29. The second-order valence-corrected chi connectivity index (χ2v) is 14.0. The number of amides is 5.